The molecule has 2 aromatic heterocycles. The monoisotopic (exact) mass is 388 g/mol. The Hall–Kier alpha value is -2.38. The molecule has 0 bridgehead atoms. The fraction of sp³-hybridized carbons (Fsp3) is 0.400. The second-order valence-corrected chi connectivity index (χ2v) is 7.50. The Morgan fingerprint density at radius 3 is 2.85 bits per heavy atom. The van der Waals surface area contributed by atoms with Crippen LogP contribution in [0.2, 0.25) is 0 Å². The predicted octanol–water partition coefficient (Wildman–Crippen LogP) is 3.16. The van der Waals surface area contributed by atoms with E-state index < -0.39 is 17.9 Å². The van der Waals surface area contributed by atoms with E-state index in [9.17, 15) is 14.7 Å². The molecule has 0 radical (unpaired) electrons. The summed E-state index contributed by atoms with van der Waals surface area (Å²) in [6.07, 6.45) is 8.34. The molecule has 27 heavy (non-hydrogen) atoms. The van der Waals surface area contributed by atoms with Crippen LogP contribution >= 0.6 is 11.3 Å². The SMILES string of the molecule is O=C(NCCC1=CCCCC1)C(=O)NCC(O)c1cc(-c2ccco2)cs1. The number of rotatable bonds is 7. The van der Waals surface area contributed by atoms with Crippen LogP contribution in [0.25, 0.3) is 11.3 Å². The Balaban J connectivity index is 1.40. The molecule has 0 aromatic carbocycles. The van der Waals surface area contributed by atoms with Crippen LogP contribution in [0.1, 0.15) is 43.1 Å². The maximum atomic E-state index is 11.9. The summed E-state index contributed by atoms with van der Waals surface area (Å²) < 4.78 is 5.32. The molecule has 2 amide bonds. The standard InChI is InChI=1S/C20H24N2O4S/c23-16(18-11-15(13-27-18)17-7-4-10-26-17)12-22-20(25)19(24)21-9-8-14-5-2-1-3-6-14/h4-5,7,10-11,13,16,23H,1-3,6,8-9,12H2,(H,21,24)(H,22,25). The lowest BCUT2D eigenvalue weighted by molar-refractivity contribution is -0.139. The van der Waals surface area contributed by atoms with Crippen molar-refractivity contribution >= 4 is 23.2 Å². The van der Waals surface area contributed by atoms with Crippen molar-refractivity contribution in [3.8, 4) is 11.3 Å². The lowest BCUT2D eigenvalue weighted by Gasteiger charge is -2.13. The molecule has 0 saturated heterocycles. The van der Waals surface area contributed by atoms with Gasteiger partial charge in [0.05, 0.1) is 6.26 Å². The minimum absolute atomic E-state index is 0.0183. The van der Waals surface area contributed by atoms with E-state index in [0.29, 0.717) is 11.4 Å². The summed E-state index contributed by atoms with van der Waals surface area (Å²) in [6.45, 7) is 0.438. The number of carbonyl (C=O) groups is 2. The van der Waals surface area contributed by atoms with E-state index in [1.54, 1.807) is 12.3 Å². The molecule has 0 fully saturated rings. The first-order chi connectivity index (χ1) is 13.1. The molecule has 1 unspecified atom stereocenters. The molecule has 1 aliphatic rings. The Bertz CT molecular complexity index is 795. The summed E-state index contributed by atoms with van der Waals surface area (Å²) in [5.41, 5.74) is 2.22. The van der Waals surface area contributed by atoms with E-state index in [-0.39, 0.29) is 6.54 Å². The molecule has 0 saturated carbocycles. The minimum atomic E-state index is -0.872. The lowest BCUT2D eigenvalue weighted by atomic mass is 9.97. The van der Waals surface area contributed by atoms with Gasteiger partial charge in [-0.1, -0.05) is 11.6 Å². The lowest BCUT2D eigenvalue weighted by Crippen LogP contribution is -2.41. The fourth-order valence-corrected chi connectivity index (χ4v) is 3.90. The Labute approximate surface area is 162 Å². The van der Waals surface area contributed by atoms with Gasteiger partial charge in [-0.25, -0.2) is 0 Å². The molecule has 7 heteroatoms. The summed E-state index contributed by atoms with van der Waals surface area (Å²) in [6, 6.07) is 5.46. The van der Waals surface area contributed by atoms with Crippen molar-refractivity contribution in [2.45, 2.75) is 38.2 Å². The van der Waals surface area contributed by atoms with Gasteiger partial charge in [-0.2, -0.15) is 0 Å². The fourth-order valence-electron chi connectivity index (χ4n) is 3.02. The number of carbonyl (C=O) groups excluding carboxylic acids is 2. The van der Waals surface area contributed by atoms with Gasteiger partial charge < -0.3 is 20.2 Å². The van der Waals surface area contributed by atoms with E-state index in [1.807, 2.05) is 17.5 Å². The topological polar surface area (TPSA) is 91.6 Å². The number of hydrogen-bond donors (Lipinski definition) is 3. The molecule has 6 nitrogen and oxygen atoms in total. The minimum Gasteiger partial charge on any atom is -0.464 e. The number of aliphatic hydroxyl groups is 1. The molecule has 0 aliphatic heterocycles. The number of nitrogens with one attached hydrogen (secondary N) is 2. The summed E-state index contributed by atoms with van der Waals surface area (Å²) in [5.74, 6) is -0.670. The van der Waals surface area contributed by atoms with Crippen molar-refractivity contribution in [3.05, 3.63) is 46.4 Å². The number of aliphatic hydroxyl groups excluding tert-OH is 1. The number of allylic oxidation sites excluding steroid dienone is 1. The van der Waals surface area contributed by atoms with Crippen molar-refractivity contribution in [3.63, 3.8) is 0 Å². The van der Waals surface area contributed by atoms with Crippen LogP contribution in [0.4, 0.5) is 0 Å². The molecular formula is C20H24N2O4S. The van der Waals surface area contributed by atoms with Gasteiger partial charge in [0.25, 0.3) is 0 Å². The van der Waals surface area contributed by atoms with Gasteiger partial charge in [0, 0.05) is 28.9 Å². The van der Waals surface area contributed by atoms with Gasteiger partial charge >= 0.3 is 11.8 Å². The smallest absolute Gasteiger partial charge is 0.309 e. The van der Waals surface area contributed by atoms with Gasteiger partial charge in [-0.3, -0.25) is 9.59 Å². The highest BCUT2D eigenvalue weighted by atomic mass is 32.1. The highest BCUT2D eigenvalue weighted by Gasteiger charge is 2.17. The number of furan rings is 1. The second-order valence-electron chi connectivity index (χ2n) is 6.55. The van der Waals surface area contributed by atoms with E-state index in [4.69, 9.17) is 4.42 Å². The highest BCUT2D eigenvalue weighted by Crippen LogP contribution is 2.29. The first-order valence-corrected chi connectivity index (χ1v) is 10.1. The third-order valence-electron chi connectivity index (χ3n) is 4.53. The van der Waals surface area contributed by atoms with Crippen LogP contribution in [-0.4, -0.2) is 30.0 Å². The molecule has 1 aliphatic carbocycles. The van der Waals surface area contributed by atoms with Gasteiger partial charge in [0.15, 0.2) is 0 Å². The predicted molar refractivity (Wildman–Crippen MR) is 104 cm³/mol. The second kappa shape index (κ2) is 9.53. The molecule has 3 rings (SSSR count). The van der Waals surface area contributed by atoms with E-state index >= 15 is 0 Å². The Morgan fingerprint density at radius 2 is 2.11 bits per heavy atom. The number of thiophene rings is 1. The van der Waals surface area contributed by atoms with Gasteiger partial charge in [0.2, 0.25) is 0 Å². The quantitative estimate of drug-likeness (QED) is 0.502. The van der Waals surface area contributed by atoms with Crippen LogP contribution < -0.4 is 10.6 Å². The van der Waals surface area contributed by atoms with E-state index in [1.165, 1.54) is 29.8 Å². The molecule has 2 aromatic rings. The maximum Gasteiger partial charge on any atom is 0.309 e. The normalized spacial score (nSPS) is 15.1. The summed E-state index contributed by atoms with van der Waals surface area (Å²) in [5, 5.41) is 17.2. The largest absolute Gasteiger partial charge is 0.464 e. The van der Waals surface area contributed by atoms with Gasteiger partial charge in [-0.15, -0.1) is 11.3 Å². The van der Waals surface area contributed by atoms with Crippen LogP contribution in [0, 0.1) is 0 Å². The first kappa shape index (κ1) is 19.4. The summed E-state index contributed by atoms with van der Waals surface area (Å²) in [4.78, 5) is 24.5. The highest BCUT2D eigenvalue weighted by molar-refractivity contribution is 7.10. The molecule has 3 N–H and O–H groups in total. The zero-order chi connectivity index (χ0) is 19.1. The molecule has 2 heterocycles. The van der Waals surface area contributed by atoms with Crippen LogP contribution in [0.15, 0.2) is 45.9 Å². The molecule has 1 atom stereocenters. The van der Waals surface area contributed by atoms with Gasteiger partial charge in [-0.05, 0) is 50.3 Å². The van der Waals surface area contributed by atoms with Crippen molar-refractivity contribution in [1.82, 2.24) is 10.6 Å². The third-order valence-corrected chi connectivity index (χ3v) is 5.57. The van der Waals surface area contributed by atoms with Crippen molar-refractivity contribution in [2.75, 3.05) is 13.1 Å². The van der Waals surface area contributed by atoms with Crippen LogP contribution in [0.5, 0.6) is 0 Å². The molecule has 144 valence electrons. The van der Waals surface area contributed by atoms with Gasteiger partial charge in [0.1, 0.15) is 11.9 Å². The van der Waals surface area contributed by atoms with E-state index in [0.717, 1.165) is 30.6 Å². The Morgan fingerprint density at radius 1 is 1.26 bits per heavy atom. The molecular weight excluding hydrogens is 364 g/mol. The zero-order valence-corrected chi connectivity index (χ0v) is 15.9. The van der Waals surface area contributed by atoms with Crippen molar-refractivity contribution in [2.24, 2.45) is 0 Å². The van der Waals surface area contributed by atoms with Crippen molar-refractivity contribution < 1.29 is 19.1 Å². The average molecular weight is 388 g/mol. The summed E-state index contributed by atoms with van der Waals surface area (Å²) >= 11 is 1.38. The average Bonchev–Trinajstić information content (AvgIpc) is 3.38. The van der Waals surface area contributed by atoms with E-state index in [2.05, 4.69) is 16.7 Å². The number of hydrogen-bond acceptors (Lipinski definition) is 5. The summed E-state index contributed by atoms with van der Waals surface area (Å²) in [7, 11) is 0. The first-order valence-electron chi connectivity index (χ1n) is 9.18. The molecule has 0 spiro atoms. The Kier molecular flexibility index (Phi) is 6.84. The zero-order valence-electron chi connectivity index (χ0n) is 15.1. The van der Waals surface area contributed by atoms with Crippen LogP contribution in [-0.2, 0) is 9.59 Å². The number of amides is 2. The third kappa shape index (κ3) is 5.55. The maximum absolute atomic E-state index is 11.9. The van der Waals surface area contributed by atoms with Crippen LogP contribution in [0.3, 0.4) is 0 Å². The van der Waals surface area contributed by atoms with Crippen molar-refractivity contribution in [1.29, 1.82) is 0 Å².